The Morgan fingerprint density at radius 2 is 2.03 bits per heavy atom. The molecule has 3 fully saturated rings. The number of carbonyl (C=O) groups excluding carboxylic acids is 1. The zero-order valence-corrected chi connectivity index (χ0v) is 18.1. The van der Waals surface area contributed by atoms with Gasteiger partial charge >= 0.3 is 5.97 Å². The van der Waals surface area contributed by atoms with E-state index in [4.69, 9.17) is 25.8 Å². The highest BCUT2D eigenvalue weighted by atomic mass is 35.5. The fourth-order valence-corrected chi connectivity index (χ4v) is 4.75. The number of esters is 1. The summed E-state index contributed by atoms with van der Waals surface area (Å²) in [7, 11) is 0. The van der Waals surface area contributed by atoms with Gasteiger partial charge in [-0.05, 0) is 70.2 Å². The van der Waals surface area contributed by atoms with Crippen LogP contribution in [0.5, 0.6) is 0 Å². The minimum Gasteiger partial charge on any atom is -0.459 e. The fourth-order valence-electron chi connectivity index (χ4n) is 4.62. The molecule has 0 unspecified atom stereocenters. The van der Waals surface area contributed by atoms with Gasteiger partial charge in [-0.1, -0.05) is 35.4 Å². The van der Waals surface area contributed by atoms with Crippen LogP contribution in [0, 0.1) is 5.92 Å². The molecule has 0 bridgehead atoms. The number of ether oxygens (including phenoxy) is 3. The van der Waals surface area contributed by atoms with E-state index in [1.807, 2.05) is 12.1 Å². The lowest BCUT2D eigenvalue weighted by molar-refractivity contribution is -0.147. The highest BCUT2D eigenvalue weighted by molar-refractivity contribution is 6.30. The minimum atomic E-state index is -0.306. The van der Waals surface area contributed by atoms with Crippen molar-refractivity contribution in [2.24, 2.45) is 5.92 Å². The molecule has 4 nitrogen and oxygen atoms in total. The van der Waals surface area contributed by atoms with Gasteiger partial charge in [0.15, 0.2) is 0 Å². The molecule has 29 heavy (non-hydrogen) atoms. The van der Waals surface area contributed by atoms with E-state index < -0.39 is 0 Å². The molecule has 1 saturated carbocycles. The third kappa shape index (κ3) is 4.60. The van der Waals surface area contributed by atoms with Crippen LogP contribution < -0.4 is 0 Å². The van der Waals surface area contributed by atoms with Crippen LogP contribution in [0.3, 0.4) is 0 Å². The van der Waals surface area contributed by atoms with Crippen molar-refractivity contribution in [3.8, 4) is 0 Å². The molecule has 0 N–H and O–H groups in total. The molecule has 0 amide bonds. The first-order valence-electron chi connectivity index (χ1n) is 10.4. The summed E-state index contributed by atoms with van der Waals surface area (Å²) in [5.74, 6) is -0.0447. The number of hydrogen-bond donors (Lipinski definition) is 0. The van der Waals surface area contributed by atoms with Crippen molar-refractivity contribution < 1.29 is 19.0 Å². The maximum atomic E-state index is 12.3. The molecule has 0 radical (unpaired) electrons. The summed E-state index contributed by atoms with van der Waals surface area (Å²) in [6, 6.07) is 7.34. The predicted octanol–water partition coefficient (Wildman–Crippen LogP) is 5.35. The molecule has 5 atom stereocenters. The SMILES string of the molecule is CC(C)=CC[C@H]1O[C@@]1(C)[C@H]1C[C@H](OC(=O)/C=C/c2ccc(Cl)cc2)CC[C@]12CO2. The molecule has 1 spiro atoms. The lowest BCUT2D eigenvalue weighted by Gasteiger charge is -2.36. The zero-order valence-electron chi connectivity index (χ0n) is 17.3. The lowest BCUT2D eigenvalue weighted by Crippen LogP contribution is -2.44. The average molecular weight is 417 g/mol. The third-order valence-electron chi connectivity index (χ3n) is 6.51. The van der Waals surface area contributed by atoms with E-state index in [2.05, 4.69) is 26.8 Å². The molecule has 2 aliphatic heterocycles. The normalized spacial score (nSPS) is 35.5. The van der Waals surface area contributed by atoms with Gasteiger partial charge in [-0.15, -0.1) is 0 Å². The van der Waals surface area contributed by atoms with E-state index in [9.17, 15) is 4.79 Å². The van der Waals surface area contributed by atoms with Gasteiger partial charge in [0.2, 0.25) is 0 Å². The monoisotopic (exact) mass is 416 g/mol. The summed E-state index contributed by atoms with van der Waals surface area (Å²) in [4.78, 5) is 12.3. The molecule has 156 valence electrons. The van der Waals surface area contributed by atoms with Crippen LogP contribution in [0.2, 0.25) is 5.02 Å². The van der Waals surface area contributed by atoms with Gasteiger partial charge in [-0.3, -0.25) is 0 Å². The quantitative estimate of drug-likeness (QED) is 0.271. The summed E-state index contributed by atoms with van der Waals surface area (Å²) in [5.41, 5.74) is 1.96. The molecule has 3 aliphatic rings. The van der Waals surface area contributed by atoms with Crippen LogP contribution in [0.4, 0.5) is 0 Å². The Bertz CT molecular complexity index is 820. The highest BCUT2D eigenvalue weighted by Gasteiger charge is 2.68. The van der Waals surface area contributed by atoms with Crippen molar-refractivity contribution in [3.63, 3.8) is 0 Å². The van der Waals surface area contributed by atoms with Crippen molar-refractivity contribution in [3.05, 3.63) is 52.6 Å². The van der Waals surface area contributed by atoms with E-state index >= 15 is 0 Å². The molecule has 1 aromatic rings. The smallest absolute Gasteiger partial charge is 0.331 e. The second kappa shape index (κ2) is 7.90. The number of benzene rings is 1. The second-order valence-corrected chi connectivity index (χ2v) is 9.37. The first-order chi connectivity index (χ1) is 13.8. The Kier molecular flexibility index (Phi) is 5.62. The maximum Gasteiger partial charge on any atom is 0.331 e. The van der Waals surface area contributed by atoms with Gasteiger partial charge in [-0.2, -0.15) is 0 Å². The number of hydrogen-bond acceptors (Lipinski definition) is 4. The number of epoxide rings is 2. The van der Waals surface area contributed by atoms with Crippen LogP contribution >= 0.6 is 11.6 Å². The average Bonchev–Trinajstić information content (AvgIpc) is 3.59. The molecule has 2 saturated heterocycles. The van der Waals surface area contributed by atoms with Crippen LogP contribution in [-0.2, 0) is 19.0 Å². The molecule has 4 rings (SSSR count). The van der Waals surface area contributed by atoms with E-state index in [0.717, 1.165) is 37.9 Å². The van der Waals surface area contributed by atoms with Crippen molar-refractivity contribution in [2.45, 2.75) is 69.9 Å². The van der Waals surface area contributed by atoms with Crippen LogP contribution in [0.15, 0.2) is 42.0 Å². The fraction of sp³-hybridized carbons (Fsp3) is 0.542. The Hall–Kier alpha value is -1.62. The molecular weight excluding hydrogens is 388 g/mol. The van der Waals surface area contributed by atoms with Gasteiger partial charge < -0.3 is 14.2 Å². The Morgan fingerprint density at radius 3 is 2.69 bits per heavy atom. The minimum absolute atomic E-state index is 0.0729. The number of halogens is 1. The first-order valence-corrected chi connectivity index (χ1v) is 10.8. The van der Waals surface area contributed by atoms with Crippen LogP contribution in [0.1, 0.15) is 52.0 Å². The highest BCUT2D eigenvalue weighted by Crippen LogP contribution is 2.59. The van der Waals surface area contributed by atoms with Crippen molar-refractivity contribution in [1.29, 1.82) is 0 Å². The molecule has 5 heteroatoms. The number of carbonyl (C=O) groups is 1. The van der Waals surface area contributed by atoms with Crippen LogP contribution in [-0.4, -0.2) is 36.0 Å². The summed E-state index contributed by atoms with van der Waals surface area (Å²) in [6.07, 6.45) is 9.09. The Morgan fingerprint density at radius 1 is 1.31 bits per heavy atom. The largest absolute Gasteiger partial charge is 0.459 e. The van der Waals surface area contributed by atoms with Crippen molar-refractivity contribution in [2.75, 3.05) is 6.61 Å². The molecule has 1 aliphatic carbocycles. The topological polar surface area (TPSA) is 51.4 Å². The van der Waals surface area contributed by atoms with Gasteiger partial charge in [-0.25, -0.2) is 4.79 Å². The first kappa shape index (κ1) is 20.6. The standard InChI is InChI=1S/C24H29ClO4/c1-16(2)4-10-21-23(3,29-21)20-14-19(12-13-24(20)15-27-24)28-22(26)11-7-17-5-8-18(25)9-6-17/h4-9,11,19-21H,10,12-15H2,1-3H3/b11-7+/t19-,20-,21-,23+,24+/m1/s1. The Balaban J connectivity index is 1.36. The zero-order chi connectivity index (χ0) is 20.6. The van der Waals surface area contributed by atoms with E-state index in [1.54, 1.807) is 18.2 Å². The lowest BCUT2D eigenvalue weighted by atomic mass is 9.70. The van der Waals surface area contributed by atoms with Gasteiger partial charge in [0.05, 0.1) is 23.9 Å². The van der Waals surface area contributed by atoms with E-state index in [-0.39, 0.29) is 35.3 Å². The number of allylic oxidation sites excluding steroid dienone is 1. The third-order valence-corrected chi connectivity index (χ3v) is 6.77. The Labute approximate surface area is 177 Å². The van der Waals surface area contributed by atoms with Gasteiger partial charge in [0.25, 0.3) is 0 Å². The summed E-state index contributed by atoms with van der Waals surface area (Å²) in [5, 5.41) is 0.674. The maximum absolute atomic E-state index is 12.3. The van der Waals surface area contributed by atoms with Crippen LogP contribution in [0.25, 0.3) is 6.08 Å². The van der Waals surface area contributed by atoms with Gasteiger partial charge in [0.1, 0.15) is 6.10 Å². The number of rotatable bonds is 6. The van der Waals surface area contributed by atoms with Crippen molar-refractivity contribution in [1.82, 2.24) is 0 Å². The molecular formula is C24H29ClO4. The van der Waals surface area contributed by atoms with E-state index in [1.165, 1.54) is 11.6 Å². The summed E-state index contributed by atoms with van der Waals surface area (Å²) >= 11 is 5.89. The summed E-state index contributed by atoms with van der Waals surface area (Å²) < 4.78 is 17.8. The summed E-state index contributed by atoms with van der Waals surface area (Å²) in [6.45, 7) is 7.20. The molecule has 0 aromatic heterocycles. The van der Waals surface area contributed by atoms with Crippen molar-refractivity contribution >= 4 is 23.6 Å². The predicted molar refractivity (Wildman–Crippen MR) is 114 cm³/mol. The molecule has 2 heterocycles. The second-order valence-electron chi connectivity index (χ2n) is 8.93. The van der Waals surface area contributed by atoms with Gasteiger partial charge in [0, 0.05) is 17.0 Å². The van der Waals surface area contributed by atoms with E-state index in [0.29, 0.717) is 5.02 Å². The molecule has 1 aromatic carbocycles.